The maximum Gasteiger partial charge on any atom is 0.335 e. The van der Waals surface area contributed by atoms with Crippen LogP contribution in [-0.2, 0) is 9.59 Å². The number of nitrogens with zero attached hydrogens (tertiary/aromatic N) is 1. The van der Waals surface area contributed by atoms with Gasteiger partial charge >= 0.3 is 5.97 Å². The molecule has 1 saturated heterocycles. The van der Waals surface area contributed by atoms with Crippen molar-refractivity contribution in [2.75, 3.05) is 17.2 Å². The number of thioether (sulfide) groups is 1. The Balaban J connectivity index is 2.23. The molecule has 118 valence electrons. The first kappa shape index (κ1) is 17.5. The van der Waals surface area contributed by atoms with E-state index in [-0.39, 0.29) is 22.5 Å². The Hall–Kier alpha value is -0.860. The SMILES string of the molecule is CC(=O)SCC1CC(=O)N(c2c(Br)cc(C(=O)O)cc2Br)C1. The van der Waals surface area contributed by atoms with Gasteiger partial charge < -0.3 is 10.0 Å². The van der Waals surface area contributed by atoms with Crippen LogP contribution in [0.2, 0.25) is 0 Å². The molecule has 1 fully saturated rings. The molecule has 1 N–H and O–H groups in total. The number of benzene rings is 1. The minimum atomic E-state index is -1.03. The zero-order chi connectivity index (χ0) is 16.4. The number of rotatable bonds is 4. The first-order chi connectivity index (χ1) is 10.3. The fourth-order valence-corrected chi connectivity index (χ4v) is 4.60. The predicted molar refractivity (Wildman–Crippen MR) is 92.4 cm³/mol. The molecule has 2 rings (SSSR count). The molecule has 1 heterocycles. The summed E-state index contributed by atoms with van der Waals surface area (Å²) in [7, 11) is 0. The molecule has 1 aliphatic rings. The summed E-state index contributed by atoms with van der Waals surface area (Å²) < 4.78 is 1.10. The zero-order valence-corrected chi connectivity index (χ0v) is 15.6. The second kappa shape index (κ2) is 7.14. The third-order valence-electron chi connectivity index (χ3n) is 3.26. The van der Waals surface area contributed by atoms with Gasteiger partial charge in [0.15, 0.2) is 5.12 Å². The lowest BCUT2D eigenvalue weighted by atomic mass is 10.1. The molecule has 0 bridgehead atoms. The van der Waals surface area contributed by atoms with Crippen molar-refractivity contribution in [3.8, 4) is 0 Å². The van der Waals surface area contributed by atoms with Gasteiger partial charge in [0.2, 0.25) is 5.91 Å². The van der Waals surface area contributed by atoms with Crippen LogP contribution in [0.15, 0.2) is 21.1 Å². The molecule has 0 aliphatic carbocycles. The van der Waals surface area contributed by atoms with Gasteiger partial charge in [-0.1, -0.05) is 11.8 Å². The molecule has 1 unspecified atom stereocenters. The van der Waals surface area contributed by atoms with Crippen LogP contribution in [0.3, 0.4) is 0 Å². The molecular weight excluding hydrogens is 438 g/mol. The van der Waals surface area contributed by atoms with E-state index in [4.69, 9.17) is 5.11 Å². The Morgan fingerprint density at radius 3 is 2.45 bits per heavy atom. The molecule has 0 aromatic heterocycles. The number of carboxylic acids is 1. The van der Waals surface area contributed by atoms with E-state index in [1.54, 1.807) is 4.90 Å². The molecule has 1 amide bonds. The summed E-state index contributed by atoms with van der Waals surface area (Å²) in [6.45, 7) is 2.03. The number of carbonyl (C=O) groups excluding carboxylic acids is 2. The average molecular weight is 451 g/mol. The normalized spacial score (nSPS) is 17.9. The standard InChI is InChI=1S/C14H13Br2NO4S/c1-7(18)22-6-8-2-12(19)17(5-8)13-10(15)3-9(14(20)21)4-11(13)16/h3-4,8H,2,5-6H2,1H3,(H,20,21). The molecule has 0 saturated carbocycles. The number of hydrogen-bond donors (Lipinski definition) is 1. The van der Waals surface area contributed by atoms with Crippen molar-refractivity contribution in [1.82, 2.24) is 0 Å². The summed E-state index contributed by atoms with van der Waals surface area (Å²) in [6, 6.07) is 2.96. The molecule has 1 aromatic rings. The predicted octanol–water partition coefficient (Wildman–Crippen LogP) is 3.54. The van der Waals surface area contributed by atoms with Gasteiger partial charge in [-0.15, -0.1) is 0 Å². The van der Waals surface area contributed by atoms with Crippen molar-refractivity contribution < 1.29 is 19.5 Å². The highest BCUT2D eigenvalue weighted by Crippen LogP contribution is 2.39. The molecular formula is C14H13Br2NO4S. The van der Waals surface area contributed by atoms with Crippen molar-refractivity contribution in [2.24, 2.45) is 5.92 Å². The molecule has 8 heteroatoms. The van der Waals surface area contributed by atoms with Crippen LogP contribution in [0.4, 0.5) is 5.69 Å². The lowest BCUT2D eigenvalue weighted by Crippen LogP contribution is -2.25. The van der Waals surface area contributed by atoms with Crippen LogP contribution in [0.1, 0.15) is 23.7 Å². The number of carbonyl (C=O) groups is 3. The summed E-state index contributed by atoms with van der Waals surface area (Å²) in [4.78, 5) is 35.9. The Morgan fingerprint density at radius 1 is 1.36 bits per heavy atom. The highest BCUT2D eigenvalue weighted by molar-refractivity contribution is 9.11. The van der Waals surface area contributed by atoms with Gasteiger partial charge in [0.1, 0.15) is 0 Å². The highest BCUT2D eigenvalue weighted by atomic mass is 79.9. The van der Waals surface area contributed by atoms with E-state index < -0.39 is 5.97 Å². The third-order valence-corrected chi connectivity index (χ3v) is 5.51. The van der Waals surface area contributed by atoms with Gasteiger partial charge in [-0.2, -0.15) is 0 Å². The minimum absolute atomic E-state index is 0.0290. The Labute approximate surface area is 148 Å². The second-order valence-corrected chi connectivity index (χ2v) is 7.88. The number of aromatic carboxylic acids is 1. The number of halogens is 2. The number of amides is 1. The van der Waals surface area contributed by atoms with Crippen LogP contribution < -0.4 is 4.90 Å². The second-order valence-electron chi connectivity index (χ2n) is 4.97. The van der Waals surface area contributed by atoms with E-state index in [0.29, 0.717) is 33.4 Å². The minimum Gasteiger partial charge on any atom is -0.478 e. The Bertz CT molecular complexity index is 627. The van der Waals surface area contributed by atoms with Crippen molar-refractivity contribution in [1.29, 1.82) is 0 Å². The monoisotopic (exact) mass is 449 g/mol. The maximum atomic E-state index is 12.2. The topological polar surface area (TPSA) is 74.7 Å². The van der Waals surface area contributed by atoms with E-state index in [1.807, 2.05) is 0 Å². The molecule has 0 spiro atoms. The molecule has 0 radical (unpaired) electrons. The summed E-state index contributed by atoms with van der Waals surface area (Å²) in [5, 5.41) is 9.09. The maximum absolute atomic E-state index is 12.2. The van der Waals surface area contributed by atoms with Crippen molar-refractivity contribution in [2.45, 2.75) is 13.3 Å². The largest absolute Gasteiger partial charge is 0.478 e. The zero-order valence-electron chi connectivity index (χ0n) is 11.6. The van der Waals surface area contributed by atoms with Gasteiger partial charge in [0, 0.05) is 34.6 Å². The first-order valence-corrected chi connectivity index (χ1v) is 9.02. The molecule has 1 atom stereocenters. The number of carboxylic acid groups (broad SMARTS) is 1. The van der Waals surface area contributed by atoms with Gasteiger partial charge in [0.05, 0.1) is 11.3 Å². The van der Waals surface area contributed by atoms with Gasteiger partial charge in [0.25, 0.3) is 0 Å². The van der Waals surface area contributed by atoms with Crippen LogP contribution in [0.25, 0.3) is 0 Å². The van der Waals surface area contributed by atoms with Crippen molar-refractivity contribution in [3.63, 3.8) is 0 Å². The lowest BCUT2D eigenvalue weighted by Gasteiger charge is -2.20. The van der Waals surface area contributed by atoms with Crippen LogP contribution >= 0.6 is 43.6 Å². The van der Waals surface area contributed by atoms with E-state index in [2.05, 4.69) is 31.9 Å². The fraction of sp³-hybridized carbons (Fsp3) is 0.357. The van der Waals surface area contributed by atoms with Crippen molar-refractivity contribution >= 4 is 66.3 Å². The number of anilines is 1. The van der Waals surface area contributed by atoms with Gasteiger partial charge in [-0.25, -0.2) is 4.79 Å². The third kappa shape index (κ3) is 3.91. The summed E-state index contributed by atoms with van der Waals surface area (Å²) in [6.07, 6.45) is 0.389. The van der Waals surface area contributed by atoms with Crippen LogP contribution in [0, 0.1) is 5.92 Å². The molecule has 22 heavy (non-hydrogen) atoms. The van der Waals surface area contributed by atoms with Gasteiger partial charge in [-0.3, -0.25) is 9.59 Å². The van der Waals surface area contributed by atoms with E-state index in [0.717, 1.165) is 0 Å². The lowest BCUT2D eigenvalue weighted by molar-refractivity contribution is -0.117. The fourth-order valence-electron chi connectivity index (χ4n) is 2.29. The highest BCUT2D eigenvalue weighted by Gasteiger charge is 2.33. The molecule has 1 aromatic carbocycles. The Morgan fingerprint density at radius 2 is 1.95 bits per heavy atom. The van der Waals surface area contributed by atoms with Crippen molar-refractivity contribution in [3.05, 3.63) is 26.6 Å². The van der Waals surface area contributed by atoms with Crippen LogP contribution in [-0.4, -0.2) is 34.4 Å². The summed E-state index contributed by atoms with van der Waals surface area (Å²) in [5.74, 6) is -0.338. The van der Waals surface area contributed by atoms with E-state index in [1.165, 1.54) is 30.8 Å². The first-order valence-electron chi connectivity index (χ1n) is 6.45. The van der Waals surface area contributed by atoms with E-state index >= 15 is 0 Å². The summed E-state index contributed by atoms with van der Waals surface area (Å²) >= 11 is 7.90. The average Bonchev–Trinajstić information content (AvgIpc) is 2.77. The summed E-state index contributed by atoms with van der Waals surface area (Å²) in [5.41, 5.74) is 0.767. The van der Waals surface area contributed by atoms with Crippen LogP contribution in [0.5, 0.6) is 0 Å². The Kier molecular flexibility index (Phi) is 5.68. The molecule has 1 aliphatic heterocycles. The quantitative estimate of drug-likeness (QED) is 0.759. The smallest absolute Gasteiger partial charge is 0.335 e. The van der Waals surface area contributed by atoms with Gasteiger partial charge in [-0.05, 0) is 49.9 Å². The molecule has 5 nitrogen and oxygen atoms in total. The van der Waals surface area contributed by atoms with E-state index in [9.17, 15) is 14.4 Å². The number of hydrogen-bond acceptors (Lipinski definition) is 4.